The molecule has 1 unspecified atom stereocenters. The quantitative estimate of drug-likeness (QED) is 0.810. The summed E-state index contributed by atoms with van der Waals surface area (Å²) < 4.78 is 0. The Labute approximate surface area is 122 Å². The van der Waals surface area contributed by atoms with Gasteiger partial charge in [0.05, 0.1) is 5.60 Å². The monoisotopic (exact) mass is 268 g/mol. The van der Waals surface area contributed by atoms with Gasteiger partial charge in [-0.25, -0.2) is 0 Å². The minimum absolute atomic E-state index is 0.707. The van der Waals surface area contributed by atoms with Crippen LogP contribution in [0.15, 0.2) is 54.6 Å². The molecule has 0 radical (unpaired) electrons. The molecule has 0 aliphatic rings. The van der Waals surface area contributed by atoms with Gasteiger partial charge in [0.1, 0.15) is 0 Å². The molecule has 0 saturated heterocycles. The highest BCUT2D eigenvalue weighted by Gasteiger charge is 2.27. The summed E-state index contributed by atoms with van der Waals surface area (Å²) in [7, 11) is 0. The average molecular weight is 268 g/mol. The number of hydrogen-bond donors (Lipinski definition) is 1. The van der Waals surface area contributed by atoms with Crippen molar-refractivity contribution >= 4 is 0 Å². The molecule has 0 amide bonds. The third-order valence-corrected chi connectivity index (χ3v) is 3.92. The first-order valence-corrected chi connectivity index (χ1v) is 7.47. The first kappa shape index (κ1) is 14.8. The van der Waals surface area contributed by atoms with Gasteiger partial charge in [0.15, 0.2) is 0 Å². The molecule has 0 aliphatic carbocycles. The highest BCUT2D eigenvalue weighted by atomic mass is 16.3. The highest BCUT2D eigenvalue weighted by Crippen LogP contribution is 2.31. The summed E-state index contributed by atoms with van der Waals surface area (Å²) in [5.74, 6) is 0. The molecule has 2 rings (SSSR count). The smallest absolute Gasteiger partial charge is 0.0899 e. The Morgan fingerprint density at radius 1 is 0.900 bits per heavy atom. The molecule has 0 spiro atoms. The average Bonchev–Trinajstić information content (AvgIpc) is 2.48. The Hall–Kier alpha value is -1.60. The van der Waals surface area contributed by atoms with E-state index in [-0.39, 0.29) is 0 Å². The number of aliphatic hydroxyl groups is 1. The van der Waals surface area contributed by atoms with Crippen LogP contribution >= 0.6 is 0 Å². The van der Waals surface area contributed by atoms with Crippen LogP contribution in [0.2, 0.25) is 0 Å². The number of benzene rings is 2. The summed E-state index contributed by atoms with van der Waals surface area (Å²) in [6, 6.07) is 18.7. The predicted molar refractivity (Wildman–Crippen MR) is 84.7 cm³/mol. The maximum atomic E-state index is 11.0. The minimum Gasteiger partial charge on any atom is -0.385 e. The van der Waals surface area contributed by atoms with Crippen LogP contribution < -0.4 is 0 Å². The van der Waals surface area contributed by atoms with E-state index in [1.54, 1.807) is 0 Å². The van der Waals surface area contributed by atoms with E-state index in [0.29, 0.717) is 0 Å². The van der Waals surface area contributed by atoms with Crippen LogP contribution in [0.1, 0.15) is 42.9 Å². The molecular formula is C19H24O. The van der Waals surface area contributed by atoms with Gasteiger partial charge in [-0.15, -0.1) is 0 Å². The molecular weight excluding hydrogens is 244 g/mol. The van der Waals surface area contributed by atoms with Crippen LogP contribution in [0.25, 0.3) is 0 Å². The SMILES string of the molecule is CCCC(O)(CCc1ccc(C)cc1)c1ccccc1. The lowest BCUT2D eigenvalue weighted by Crippen LogP contribution is -2.26. The maximum Gasteiger partial charge on any atom is 0.0899 e. The van der Waals surface area contributed by atoms with Crippen molar-refractivity contribution < 1.29 is 5.11 Å². The lowest BCUT2D eigenvalue weighted by Gasteiger charge is -2.28. The van der Waals surface area contributed by atoms with Crippen molar-refractivity contribution in [1.82, 2.24) is 0 Å². The molecule has 0 bridgehead atoms. The Morgan fingerprint density at radius 3 is 2.15 bits per heavy atom. The van der Waals surface area contributed by atoms with Gasteiger partial charge in [0.25, 0.3) is 0 Å². The molecule has 2 aromatic carbocycles. The largest absolute Gasteiger partial charge is 0.385 e. The van der Waals surface area contributed by atoms with Gasteiger partial charge < -0.3 is 5.11 Å². The molecule has 0 aromatic heterocycles. The van der Waals surface area contributed by atoms with Crippen molar-refractivity contribution in [3.63, 3.8) is 0 Å². The van der Waals surface area contributed by atoms with E-state index in [0.717, 1.165) is 31.2 Å². The number of rotatable bonds is 6. The summed E-state index contributed by atoms with van der Waals surface area (Å²) in [6.45, 7) is 4.22. The van der Waals surface area contributed by atoms with Crippen LogP contribution in [-0.2, 0) is 12.0 Å². The first-order valence-electron chi connectivity index (χ1n) is 7.47. The molecule has 0 saturated carbocycles. The molecule has 0 heterocycles. The summed E-state index contributed by atoms with van der Waals surface area (Å²) in [5, 5.41) is 11.0. The van der Waals surface area contributed by atoms with Crippen molar-refractivity contribution in [3.8, 4) is 0 Å². The van der Waals surface area contributed by atoms with Gasteiger partial charge in [-0.1, -0.05) is 73.5 Å². The number of hydrogen-bond acceptors (Lipinski definition) is 1. The maximum absolute atomic E-state index is 11.0. The zero-order valence-corrected chi connectivity index (χ0v) is 12.5. The van der Waals surface area contributed by atoms with Crippen molar-refractivity contribution in [3.05, 3.63) is 71.3 Å². The van der Waals surface area contributed by atoms with Crippen LogP contribution in [-0.4, -0.2) is 5.11 Å². The summed E-state index contributed by atoms with van der Waals surface area (Å²) in [5.41, 5.74) is 2.90. The fraction of sp³-hybridized carbons (Fsp3) is 0.368. The molecule has 20 heavy (non-hydrogen) atoms. The Bertz CT molecular complexity index is 515. The van der Waals surface area contributed by atoms with Gasteiger partial charge in [0, 0.05) is 0 Å². The van der Waals surface area contributed by atoms with E-state index >= 15 is 0 Å². The molecule has 106 valence electrons. The molecule has 1 N–H and O–H groups in total. The number of aryl methyl sites for hydroxylation is 2. The molecule has 2 aromatic rings. The topological polar surface area (TPSA) is 20.2 Å². The van der Waals surface area contributed by atoms with Gasteiger partial charge in [-0.3, -0.25) is 0 Å². The van der Waals surface area contributed by atoms with Crippen molar-refractivity contribution in [2.75, 3.05) is 0 Å². The van der Waals surface area contributed by atoms with Gasteiger partial charge in [-0.2, -0.15) is 0 Å². The molecule has 1 atom stereocenters. The Morgan fingerprint density at radius 2 is 1.55 bits per heavy atom. The highest BCUT2D eigenvalue weighted by molar-refractivity contribution is 5.25. The third-order valence-electron chi connectivity index (χ3n) is 3.92. The molecule has 1 nitrogen and oxygen atoms in total. The van der Waals surface area contributed by atoms with E-state index in [9.17, 15) is 5.11 Å². The van der Waals surface area contributed by atoms with Gasteiger partial charge in [0.2, 0.25) is 0 Å². The lowest BCUT2D eigenvalue weighted by atomic mass is 9.84. The Kier molecular flexibility index (Phi) is 4.97. The van der Waals surface area contributed by atoms with E-state index < -0.39 is 5.60 Å². The first-order chi connectivity index (χ1) is 9.64. The minimum atomic E-state index is -0.707. The van der Waals surface area contributed by atoms with Crippen LogP contribution in [0.4, 0.5) is 0 Å². The zero-order chi connectivity index (χ0) is 14.4. The third kappa shape index (κ3) is 3.71. The van der Waals surface area contributed by atoms with Crippen molar-refractivity contribution in [2.24, 2.45) is 0 Å². The van der Waals surface area contributed by atoms with E-state index in [2.05, 4.69) is 38.1 Å². The molecule has 0 aliphatic heterocycles. The molecule has 0 fully saturated rings. The zero-order valence-electron chi connectivity index (χ0n) is 12.5. The van der Waals surface area contributed by atoms with Gasteiger partial charge >= 0.3 is 0 Å². The lowest BCUT2D eigenvalue weighted by molar-refractivity contribution is 0.0180. The van der Waals surface area contributed by atoms with Crippen LogP contribution in [0.3, 0.4) is 0 Å². The fourth-order valence-electron chi connectivity index (χ4n) is 2.68. The second-order valence-electron chi connectivity index (χ2n) is 5.63. The standard InChI is InChI=1S/C19H24O/c1-3-14-19(20,18-7-5-4-6-8-18)15-13-17-11-9-16(2)10-12-17/h4-12,20H,3,13-15H2,1-2H3. The predicted octanol–water partition coefficient (Wildman–Crippen LogP) is 4.62. The summed E-state index contributed by atoms with van der Waals surface area (Å²) >= 11 is 0. The van der Waals surface area contributed by atoms with Crippen molar-refractivity contribution in [1.29, 1.82) is 0 Å². The normalized spacial score (nSPS) is 13.9. The van der Waals surface area contributed by atoms with Crippen LogP contribution in [0.5, 0.6) is 0 Å². The summed E-state index contributed by atoms with van der Waals surface area (Å²) in [6.07, 6.45) is 3.47. The summed E-state index contributed by atoms with van der Waals surface area (Å²) in [4.78, 5) is 0. The second-order valence-corrected chi connectivity index (χ2v) is 5.63. The molecule has 1 heteroatoms. The van der Waals surface area contributed by atoms with E-state index in [1.165, 1.54) is 11.1 Å². The van der Waals surface area contributed by atoms with E-state index in [4.69, 9.17) is 0 Å². The van der Waals surface area contributed by atoms with E-state index in [1.807, 2.05) is 30.3 Å². The van der Waals surface area contributed by atoms with Gasteiger partial charge in [-0.05, 0) is 37.3 Å². The Balaban J connectivity index is 2.11. The van der Waals surface area contributed by atoms with Crippen LogP contribution in [0, 0.1) is 6.92 Å². The second kappa shape index (κ2) is 6.71. The fourth-order valence-corrected chi connectivity index (χ4v) is 2.68. The van der Waals surface area contributed by atoms with Crippen molar-refractivity contribution in [2.45, 2.75) is 45.1 Å².